The second kappa shape index (κ2) is 5.61. The first-order chi connectivity index (χ1) is 9.04. The van der Waals surface area contributed by atoms with E-state index in [2.05, 4.69) is 0 Å². The van der Waals surface area contributed by atoms with E-state index in [1.165, 1.54) is 0 Å². The Hall–Kier alpha value is -0.910. The molecule has 0 bridgehead atoms. The van der Waals surface area contributed by atoms with Crippen molar-refractivity contribution in [3.63, 3.8) is 0 Å². The number of aliphatic hydroxyl groups excluding tert-OH is 1. The number of aliphatic hydroxyl groups is 1. The molecule has 2 rings (SSSR count). The van der Waals surface area contributed by atoms with Gasteiger partial charge < -0.3 is 5.11 Å². The predicted octanol–water partition coefficient (Wildman–Crippen LogP) is 1.91. The third-order valence-corrected chi connectivity index (χ3v) is 5.66. The van der Waals surface area contributed by atoms with Crippen molar-refractivity contribution in [2.75, 3.05) is 6.54 Å². The Morgan fingerprint density at radius 2 is 2.00 bits per heavy atom. The van der Waals surface area contributed by atoms with Crippen LogP contribution in [0.15, 0.2) is 23.1 Å². The third kappa shape index (κ3) is 2.83. The summed E-state index contributed by atoms with van der Waals surface area (Å²) in [5, 5.41) is 9.20. The van der Waals surface area contributed by atoms with Crippen molar-refractivity contribution in [3.8, 4) is 0 Å². The Morgan fingerprint density at radius 1 is 1.32 bits per heavy atom. The summed E-state index contributed by atoms with van der Waals surface area (Å²) >= 11 is 0. The first-order valence-electron chi connectivity index (χ1n) is 6.79. The van der Waals surface area contributed by atoms with Crippen LogP contribution in [0, 0.1) is 0 Å². The second-order valence-corrected chi connectivity index (χ2v) is 6.75. The molecular weight excluding hydrogens is 262 g/mol. The number of nitrogens with zero attached hydrogens (tertiary/aromatic N) is 1. The van der Waals surface area contributed by atoms with Gasteiger partial charge in [-0.2, -0.15) is 4.31 Å². The van der Waals surface area contributed by atoms with Crippen molar-refractivity contribution in [2.45, 2.75) is 50.7 Å². The molecule has 0 atom stereocenters. The van der Waals surface area contributed by atoms with Crippen LogP contribution < -0.4 is 0 Å². The van der Waals surface area contributed by atoms with Crippen LogP contribution in [0.4, 0.5) is 0 Å². The van der Waals surface area contributed by atoms with E-state index in [0.717, 1.165) is 18.4 Å². The fourth-order valence-electron chi connectivity index (χ4n) is 2.34. The van der Waals surface area contributed by atoms with E-state index >= 15 is 0 Å². The van der Waals surface area contributed by atoms with Crippen LogP contribution in [0.2, 0.25) is 0 Å². The zero-order chi connectivity index (χ0) is 14.0. The van der Waals surface area contributed by atoms with Gasteiger partial charge in [0.25, 0.3) is 0 Å². The molecule has 1 saturated carbocycles. The topological polar surface area (TPSA) is 57.6 Å². The van der Waals surface area contributed by atoms with Crippen LogP contribution in [0.1, 0.15) is 37.8 Å². The van der Waals surface area contributed by atoms with E-state index < -0.39 is 10.0 Å². The molecule has 1 aliphatic rings. The van der Waals surface area contributed by atoms with Crippen LogP contribution in [-0.2, 0) is 23.1 Å². The molecule has 0 aliphatic heterocycles. The minimum absolute atomic E-state index is 0.137. The quantitative estimate of drug-likeness (QED) is 0.867. The highest BCUT2D eigenvalue weighted by molar-refractivity contribution is 7.89. The minimum Gasteiger partial charge on any atom is -0.392 e. The van der Waals surface area contributed by atoms with Gasteiger partial charge in [-0.05, 0) is 36.5 Å². The monoisotopic (exact) mass is 283 g/mol. The largest absolute Gasteiger partial charge is 0.392 e. The number of aryl methyl sites for hydroxylation is 1. The molecule has 0 unspecified atom stereocenters. The summed E-state index contributed by atoms with van der Waals surface area (Å²) in [5.74, 6) is 0. The molecule has 1 fully saturated rings. The van der Waals surface area contributed by atoms with Gasteiger partial charge in [-0.3, -0.25) is 0 Å². The lowest BCUT2D eigenvalue weighted by atomic mass is 10.1. The SMILES string of the molecule is CCc1ccc(CO)cc1S(=O)(=O)N(CC)C1CC1. The molecule has 0 spiro atoms. The fraction of sp³-hybridized carbons (Fsp3) is 0.571. The zero-order valence-electron chi connectivity index (χ0n) is 11.5. The van der Waals surface area contributed by atoms with Crippen molar-refractivity contribution in [1.82, 2.24) is 4.31 Å². The van der Waals surface area contributed by atoms with Crippen molar-refractivity contribution in [3.05, 3.63) is 29.3 Å². The number of hydrogen-bond acceptors (Lipinski definition) is 3. The van der Waals surface area contributed by atoms with Gasteiger partial charge in [0.05, 0.1) is 11.5 Å². The van der Waals surface area contributed by atoms with Crippen LogP contribution in [-0.4, -0.2) is 30.4 Å². The van der Waals surface area contributed by atoms with E-state index in [-0.39, 0.29) is 12.6 Å². The zero-order valence-corrected chi connectivity index (χ0v) is 12.3. The molecule has 4 nitrogen and oxygen atoms in total. The van der Waals surface area contributed by atoms with Crippen molar-refractivity contribution in [1.29, 1.82) is 0 Å². The lowest BCUT2D eigenvalue weighted by molar-refractivity contribution is 0.281. The Kier molecular flexibility index (Phi) is 4.28. The van der Waals surface area contributed by atoms with E-state index in [9.17, 15) is 13.5 Å². The lowest BCUT2D eigenvalue weighted by Crippen LogP contribution is -2.33. The first-order valence-corrected chi connectivity index (χ1v) is 8.23. The van der Waals surface area contributed by atoms with Crippen LogP contribution in [0.25, 0.3) is 0 Å². The van der Waals surface area contributed by atoms with Crippen molar-refractivity contribution in [2.24, 2.45) is 0 Å². The molecule has 1 aromatic carbocycles. The summed E-state index contributed by atoms with van der Waals surface area (Å²) in [6.45, 7) is 4.18. The average Bonchev–Trinajstić information content (AvgIpc) is 3.23. The summed E-state index contributed by atoms with van der Waals surface area (Å²) in [5.41, 5.74) is 1.46. The summed E-state index contributed by atoms with van der Waals surface area (Å²) in [4.78, 5) is 0.357. The van der Waals surface area contributed by atoms with E-state index in [4.69, 9.17) is 0 Å². The third-order valence-electron chi connectivity index (χ3n) is 3.55. The Bertz CT molecular complexity index is 550. The average molecular weight is 283 g/mol. The first kappa shape index (κ1) is 14.5. The number of sulfonamides is 1. The summed E-state index contributed by atoms with van der Waals surface area (Å²) in [6, 6.07) is 5.36. The molecule has 5 heteroatoms. The Balaban J connectivity index is 2.48. The fourth-order valence-corrected chi connectivity index (χ4v) is 4.38. The maximum atomic E-state index is 12.7. The molecule has 0 radical (unpaired) electrons. The van der Waals surface area contributed by atoms with E-state index in [1.807, 2.05) is 13.8 Å². The molecule has 0 saturated heterocycles. The predicted molar refractivity (Wildman–Crippen MR) is 74.3 cm³/mol. The van der Waals surface area contributed by atoms with Gasteiger partial charge in [0.1, 0.15) is 0 Å². The Morgan fingerprint density at radius 3 is 2.47 bits per heavy atom. The van der Waals surface area contributed by atoms with Gasteiger partial charge in [-0.15, -0.1) is 0 Å². The summed E-state index contributed by atoms with van der Waals surface area (Å²) in [6.07, 6.45) is 2.57. The highest BCUT2D eigenvalue weighted by atomic mass is 32.2. The lowest BCUT2D eigenvalue weighted by Gasteiger charge is -2.22. The molecule has 19 heavy (non-hydrogen) atoms. The summed E-state index contributed by atoms with van der Waals surface area (Å²) < 4.78 is 27.1. The van der Waals surface area contributed by atoms with Crippen molar-refractivity contribution < 1.29 is 13.5 Å². The molecule has 1 aromatic rings. The summed E-state index contributed by atoms with van der Waals surface area (Å²) in [7, 11) is -3.44. The van der Waals surface area contributed by atoms with E-state index in [1.54, 1.807) is 22.5 Å². The van der Waals surface area contributed by atoms with Gasteiger partial charge in [0.15, 0.2) is 0 Å². The standard InChI is InChI=1S/C14H21NO3S/c1-3-12-6-5-11(10-16)9-14(12)19(17,18)15(4-2)13-7-8-13/h5-6,9,13,16H,3-4,7-8,10H2,1-2H3. The molecule has 0 aromatic heterocycles. The van der Waals surface area contributed by atoms with Gasteiger partial charge >= 0.3 is 0 Å². The van der Waals surface area contributed by atoms with Gasteiger partial charge in [0.2, 0.25) is 10.0 Å². The molecule has 1 aliphatic carbocycles. The smallest absolute Gasteiger partial charge is 0.243 e. The highest BCUT2D eigenvalue weighted by Crippen LogP contribution is 2.33. The van der Waals surface area contributed by atoms with Crippen LogP contribution in [0.5, 0.6) is 0 Å². The van der Waals surface area contributed by atoms with Gasteiger partial charge in [-0.25, -0.2) is 8.42 Å². The minimum atomic E-state index is -3.44. The molecule has 0 heterocycles. The second-order valence-electron chi connectivity index (χ2n) is 4.89. The van der Waals surface area contributed by atoms with Crippen molar-refractivity contribution >= 4 is 10.0 Å². The molecule has 1 N–H and O–H groups in total. The van der Waals surface area contributed by atoms with Gasteiger partial charge in [-0.1, -0.05) is 26.0 Å². The number of rotatable bonds is 6. The molecule has 106 valence electrons. The highest BCUT2D eigenvalue weighted by Gasteiger charge is 2.37. The molecular formula is C14H21NO3S. The van der Waals surface area contributed by atoms with Crippen LogP contribution in [0.3, 0.4) is 0 Å². The Labute approximate surface area is 115 Å². The van der Waals surface area contributed by atoms with E-state index in [0.29, 0.717) is 23.4 Å². The molecule has 0 amide bonds. The maximum absolute atomic E-state index is 12.7. The number of hydrogen-bond donors (Lipinski definition) is 1. The van der Waals surface area contributed by atoms with Crippen LogP contribution >= 0.6 is 0 Å². The maximum Gasteiger partial charge on any atom is 0.243 e. The normalized spacial score (nSPS) is 16.0. The van der Waals surface area contributed by atoms with Gasteiger partial charge in [0, 0.05) is 12.6 Å². The number of benzene rings is 1.